The van der Waals surface area contributed by atoms with E-state index in [1.165, 1.54) is 4.31 Å². The van der Waals surface area contributed by atoms with Crippen LogP contribution in [0.2, 0.25) is 0 Å². The number of carboxylic acids is 1. The van der Waals surface area contributed by atoms with Crippen molar-refractivity contribution in [3.05, 3.63) is 29.8 Å². The van der Waals surface area contributed by atoms with Gasteiger partial charge in [0.15, 0.2) is 5.75 Å². The predicted molar refractivity (Wildman–Crippen MR) is 73.0 cm³/mol. The Hall–Kier alpha value is -1.60. The zero-order valence-electron chi connectivity index (χ0n) is 11.2. The summed E-state index contributed by atoms with van der Waals surface area (Å²) in [6.07, 6.45) is 1.57. The van der Waals surface area contributed by atoms with Crippen LogP contribution in [0.25, 0.3) is 0 Å². The van der Waals surface area contributed by atoms with Crippen molar-refractivity contribution in [2.24, 2.45) is 0 Å². The Balaban J connectivity index is 2.15. The highest BCUT2D eigenvalue weighted by molar-refractivity contribution is 7.89. The summed E-state index contributed by atoms with van der Waals surface area (Å²) in [5.41, 5.74) is 0.812. The molecular weight excluding hydrogens is 282 g/mol. The first-order chi connectivity index (χ1) is 9.42. The second-order valence-electron chi connectivity index (χ2n) is 4.77. The van der Waals surface area contributed by atoms with E-state index in [1.807, 2.05) is 0 Å². The van der Waals surface area contributed by atoms with E-state index in [0.29, 0.717) is 5.75 Å². The monoisotopic (exact) mass is 299 g/mol. The standard InChI is InChI=1S/C13H17NO5S/c1-19-12-6-2-10(3-7-12)8-14(11-4-5-11)20(17,18)9-13(15)16/h2-3,6-7,11H,4-5,8-9H2,1H3,(H,15,16). The molecule has 0 bridgehead atoms. The zero-order chi connectivity index (χ0) is 14.8. The topological polar surface area (TPSA) is 83.9 Å². The Bertz CT molecular complexity index is 577. The van der Waals surface area contributed by atoms with E-state index in [-0.39, 0.29) is 12.6 Å². The van der Waals surface area contributed by atoms with Gasteiger partial charge >= 0.3 is 5.97 Å². The maximum Gasteiger partial charge on any atom is 0.320 e. The minimum Gasteiger partial charge on any atom is -0.497 e. The molecular formula is C13H17NO5S. The van der Waals surface area contributed by atoms with Crippen molar-refractivity contribution >= 4 is 16.0 Å². The Kier molecular flexibility index (Phi) is 4.29. The van der Waals surface area contributed by atoms with Gasteiger partial charge in [0.05, 0.1) is 7.11 Å². The number of ether oxygens (including phenoxy) is 1. The number of rotatable bonds is 7. The lowest BCUT2D eigenvalue weighted by Crippen LogP contribution is -2.36. The average Bonchev–Trinajstić information content (AvgIpc) is 3.19. The molecule has 0 radical (unpaired) electrons. The van der Waals surface area contributed by atoms with E-state index in [4.69, 9.17) is 9.84 Å². The summed E-state index contributed by atoms with van der Waals surface area (Å²) in [6.45, 7) is 0.199. The first kappa shape index (κ1) is 14.8. The summed E-state index contributed by atoms with van der Waals surface area (Å²) < 4.78 is 30.5. The van der Waals surface area contributed by atoms with Crippen molar-refractivity contribution in [3.63, 3.8) is 0 Å². The molecule has 110 valence electrons. The fourth-order valence-electron chi connectivity index (χ4n) is 1.97. The van der Waals surface area contributed by atoms with Crippen molar-refractivity contribution in [1.82, 2.24) is 4.31 Å². The summed E-state index contributed by atoms with van der Waals surface area (Å²) in [5, 5.41) is 8.71. The van der Waals surface area contributed by atoms with E-state index in [1.54, 1.807) is 31.4 Å². The van der Waals surface area contributed by atoms with Gasteiger partial charge in [-0.05, 0) is 30.5 Å². The van der Waals surface area contributed by atoms with Gasteiger partial charge in [-0.1, -0.05) is 12.1 Å². The second kappa shape index (κ2) is 5.80. The quantitative estimate of drug-likeness (QED) is 0.814. The molecule has 0 amide bonds. The molecule has 0 aliphatic heterocycles. The SMILES string of the molecule is COc1ccc(CN(C2CC2)S(=O)(=O)CC(=O)O)cc1. The van der Waals surface area contributed by atoms with Crippen LogP contribution in [0.1, 0.15) is 18.4 Å². The summed E-state index contributed by atoms with van der Waals surface area (Å²) in [5.74, 6) is -1.50. The van der Waals surface area contributed by atoms with E-state index in [2.05, 4.69) is 0 Å². The smallest absolute Gasteiger partial charge is 0.320 e. The number of carboxylic acid groups (broad SMARTS) is 1. The van der Waals surface area contributed by atoms with Gasteiger partial charge in [-0.25, -0.2) is 8.42 Å². The average molecular weight is 299 g/mol. The maximum absolute atomic E-state index is 12.1. The minimum atomic E-state index is -3.77. The lowest BCUT2D eigenvalue weighted by Gasteiger charge is -2.21. The number of sulfonamides is 1. The van der Waals surface area contributed by atoms with E-state index >= 15 is 0 Å². The van der Waals surface area contributed by atoms with Crippen molar-refractivity contribution in [3.8, 4) is 5.75 Å². The van der Waals surface area contributed by atoms with E-state index in [0.717, 1.165) is 18.4 Å². The number of benzene rings is 1. The van der Waals surface area contributed by atoms with Crippen LogP contribution in [0.15, 0.2) is 24.3 Å². The first-order valence-corrected chi connectivity index (χ1v) is 7.87. The highest BCUT2D eigenvalue weighted by atomic mass is 32.2. The van der Waals surface area contributed by atoms with Gasteiger partial charge in [0.25, 0.3) is 0 Å². The molecule has 0 heterocycles. The Labute approximate surface area is 118 Å². The highest BCUT2D eigenvalue weighted by Gasteiger charge is 2.38. The molecule has 1 aromatic rings. The van der Waals surface area contributed by atoms with Gasteiger partial charge in [0, 0.05) is 12.6 Å². The third kappa shape index (κ3) is 3.71. The lowest BCUT2D eigenvalue weighted by atomic mass is 10.2. The molecule has 0 saturated heterocycles. The molecule has 6 nitrogen and oxygen atoms in total. The van der Waals surface area contributed by atoms with Gasteiger partial charge in [-0.15, -0.1) is 0 Å². The lowest BCUT2D eigenvalue weighted by molar-refractivity contribution is -0.134. The molecule has 0 atom stereocenters. The van der Waals surface area contributed by atoms with Crippen molar-refractivity contribution in [2.75, 3.05) is 12.9 Å². The van der Waals surface area contributed by atoms with Crippen LogP contribution < -0.4 is 4.74 Å². The first-order valence-electron chi connectivity index (χ1n) is 6.26. The zero-order valence-corrected chi connectivity index (χ0v) is 12.0. The van der Waals surface area contributed by atoms with Crippen LogP contribution >= 0.6 is 0 Å². The summed E-state index contributed by atoms with van der Waals surface area (Å²) in [7, 11) is -2.21. The van der Waals surface area contributed by atoms with E-state index < -0.39 is 21.7 Å². The predicted octanol–water partition coefficient (Wildman–Crippen LogP) is 1.07. The third-order valence-corrected chi connectivity index (χ3v) is 4.87. The second-order valence-corrected chi connectivity index (χ2v) is 6.70. The van der Waals surface area contributed by atoms with Crippen LogP contribution in [-0.4, -0.2) is 42.7 Å². The highest BCUT2D eigenvalue weighted by Crippen LogP contribution is 2.31. The summed E-state index contributed by atoms with van der Waals surface area (Å²) in [4.78, 5) is 10.7. The molecule has 1 fully saturated rings. The molecule has 1 aromatic carbocycles. The van der Waals surface area contributed by atoms with Gasteiger partial charge in [-0.2, -0.15) is 4.31 Å². The number of methoxy groups -OCH3 is 1. The normalized spacial score (nSPS) is 15.3. The number of hydrogen-bond acceptors (Lipinski definition) is 4. The molecule has 1 aliphatic carbocycles. The van der Waals surface area contributed by atoms with Gasteiger partial charge in [0.1, 0.15) is 5.75 Å². The van der Waals surface area contributed by atoms with Gasteiger partial charge in [-0.3, -0.25) is 4.79 Å². The summed E-state index contributed by atoms with van der Waals surface area (Å²) >= 11 is 0. The Morgan fingerprint density at radius 2 is 1.95 bits per heavy atom. The molecule has 1 aliphatic rings. The molecule has 7 heteroatoms. The maximum atomic E-state index is 12.1. The molecule has 1 saturated carbocycles. The fourth-order valence-corrected chi connectivity index (χ4v) is 3.46. The molecule has 0 unspecified atom stereocenters. The number of aliphatic carboxylic acids is 1. The van der Waals surface area contributed by atoms with Crippen LogP contribution in [0.3, 0.4) is 0 Å². The summed E-state index contributed by atoms with van der Waals surface area (Å²) in [6, 6.07) is 7.00. The molecule has 2 rings (SSSR count). The molecule has 0 aromatic heterocycles. The van der Waals surface area contributed by atoms with Crippen LogP contribution in [0.5, 0.6) is 5.75 Å². The van der Waals surface area contributed by atoms with Crippen molar-refractivity contribution in [1.29, 1.82) is 0 Å². The minimum absolute atomic E-state index is 0.0681. The number of hydrogen-bond donors (Lipinski definition) is 1. The van der Waals surface area contributed by atoms with Crippen molar-refractivity contribution in [2.45, 2.75) is 25.4 Å². The van der Waals surface area contributed by atoms with Crippen molar-refractivity contribution < 1.29 is 23.1 Å². The molecule has 1 N–H and O–H groups in total. The Morgan fingerprint density at radius 3 is 2.40 bits per heavy atom. The number of carbonyl (C=O) groups is 1. The Morgan fingerprint density at radius 1 is 1.35 bits per heavy atom. The number of nitrogens with zero attached hydrogens (tertiary/aromatic N) is 1. The van der Waals surface area contributed by atoms with Crippen LogP contribution in [0, 0.1) is 0 Å². The fraction of sp³-hybridized carbons (Fsp3) is 0.462. The van der Waals surface area contributed by atoms with Crippen LogP contribution in [0.4, 0.5) is 0 Å². The van der Waals surface area contributed by atoms with Gasteiger partial charge in [0.2, 0.25) is 10.0 Å². The van der Waals surface area contributed by atoms with Gasteiger partial charge < -0.3 is 9.84 Å². The largest absolute Gasteiger partial charge is 0.497 e. The molecule has 20 heavy (non-hydrogen) atoms. The van der Waals surface area contributed by atoms with E-state index in [9.17, 15) is 13.2 Å². The third-order valence-electron chi connectivity index (χ3n) is 3.11. The van der Waals surface area contributed by atoms with Crippen LogP contribution in [-0.2, 0) is 21.4 Å². The molecule has 0 spiro atoms.